The van der Waals surface area contributed by atoms with E-state index < -0.39 is 17.1 Å². The smallest absolute Gasteiger partial charge is 0.332 e. The average molecular weight is 241 g/mol. The molecule has 1 aliphatic rings. The molecule has 1 atom stereocenters. The fourth-order valence-corrected chi connectivity index (χ4v) is 1.45. The molecule has 0 aromatic rings. The van der Waals surface area contributed by atoms with Gasteiger partial charge in [-0.25, -0.2) is 4.79 Å². The van der Waals surface area contributed by atoms with E-state index in [0.717, 1.165) is 0 Å². The second kappa shape index (κ2) is 6.28. The molecular weight excluding hydrogens is 228 g/mol. The molecule has 3 nitrogen and oxygen atoms in total. The summed E-state index contributed by atoms with van der Waals surface area (Å²) in [6.07, 6.45) is 9.37. The van der Waals surface area contributed by atoms with Crippen LogP contribution in [0.3, 0.4) is 0 Å². The molecule has 0 fully saturated rings. The van der Waals surface area contributed by atoms with E-state index in [1.807, 2.05) is 18.2 Å². The molecule has 0 aliphatic heterocycles. The lowest BCUT2D eigenvalue weighted by atomic mass is 10.1. The lowest BCUT2D eigenvalue weighted by molar-refractivity contribution is -0.144. The van der Waals surface area contributed by atoms with Crippen LogP contribution in [0.4, 0.5) is 0 Å². The Morgan fingerprint density at radius 1 is 1.44 bits per heavy atom. The van der Waals surface area contributed by atoms with Gasteiger partial charge in [-0.3, -0.25) is 4.79 Å². The summed E-state index contributed by atoms with van der Waals surface area (Å²) in [4.78, 5) is 23.1. The van der Waals surface area contributed by atoms with Crippen molar-refractivity contribution in [1.82, 2.24) is 0 Å². The van der Waals surface area contributed by atoms with Crippen LogP contribution in [0, 0.1) is 0 Å². The van der Waals surface area contributed by atoms with Crippen LogP contribution in [0.5, 0.6) is 0 Å². The van der Waals surface area contributed by atoms with Gasteiger partial charge in [0, 0.05) is 5.57 Å². The van der Waals surface area contributed by atoms with Crippen molar-refractivity contribution in [2.24, 2.45) is 0 Å². The van der Waals surface area contributed by atoms with Crippen LogP contribution in [-0.4, -0.2) is 23.7 Å². The molecule has 0 saturated heterocycles. The maximum absolute atomic E-state index is 11.8. The Kier molecular flexibility index (Phi) is 4.99. The maximum Gasteiger partial charge on any atom is 0.332 e. The fourth-order valence-electron chi connectivity index (χ4n) is 1.25. The number of carbonyl (C=O) groups excluding carboxylic acids is 2. The predicted molar refractivity (Wildman–Crippen MR) is 62.3 cm³/mol. The standard InChI is InChI=1S/C12H13ClO3/c1-2-16-12(15)10(13)11(14)9-7-5-3-4-6-8-9/h3-7,10H,2,8H2,1H3. The van der Waals surface area contributed by atoms with Crippen molar-refractivity contribution in [2.45, 2.75) is 18.7 Å². The summed E-state index contributed by atoms with van der Waals surface area (Å²) in [7, 11) is 0. The van der Waals surface area contributed by atoms with E-state index in [0.29, 0.717) is 12.0 Å². The van der Waals surface area contributed by atoms with Gasteiger partial charge in [0.25, 0.3) is 0 Å². The minimum atomic E-state index is -1.24. The highest BCUT2D eigenvalue weighted by Gasteiger charge is 2.27. The number of esters is 1. The van der Waals surface area contributed by atoms with E-state index in [-0.39, 0.29) is 6.61 Å². The Balaban J connectivity index is 2.70. The van der Waals surface area contributed by atoms with E-state index in [4.69, 9.17) is 16.3 Å². The number of carbonyl (C=O) groups is 2. The van der Waals surface area contributed by atoms with Gasteiger partial charge in [0.2, 0.25) is 0 Å². The van der Waals surface area contributed by atoms with Gasteiger partial charge in [-0.05, 0) is 13.3 Å². The molecule has 1 rings (SSSR count). The highest BCUT2D eigenvalue weighted by Crippen LogP contribution is 2.14. The molecule has 0 amide bonds. The molecule has 0 radical (unpaired) electrons. The highest BCUT2D eigenvalue weighted by molar-refractivity contribution is 6.43. The molecule has 16 heavy (non-hydrogen) atoms. The molecule has 86 valence electrons. The lowest BCUT2D eigenvalue weighted by Crippen LogP contribution is -2.28. The molecule has 1 aliphatic carbocycles. The largest absolute Gasteiger partial charge is 0.465 e. The zero-order valence-electron chi connectivity index (χ0n) is 8.98. The Morgan fingerprint density at radius 2 is 2.19 bits per heavy atom. The summed E-state index contributed by atoms with van der Waals surface area (Å²) >= 11 is 5.73. The number of hydrogen-bond donors (Lipinski definition) is 0. The highest BCUT2D eigenvalue weighted by atomic mass is 35.5. The number of alkyl halides is 1. The zero-order chi connectivity index (χ0) is 12.0. The Hall–Kier alpha value is -1.35. The topological polar surface area (TPSA) is 43.4 Å². The monoisotopic (exact) mass is 240 g/mol. The summed E-state index contributed by atoms with van der Waals surface area (Å²) in [6.45, 7) is 1.89. The van der Waals surface area contributed by atoms with Gasteiger partial charge < -0.3 is 4.74 Å². The van der Waals surface area contributed by atoms with Crippen LogP contribution >= 0.6 is 11.6 Å². The molecule has 0 saturated carbocycles. The second-order valence-electron chi connectivity index (χ2n) is 3.19. The molecule has 0 bridgehead atoms. The van der Waals surface area contributed by atoms with E-state index in [1.165, 1.54) is 0 Å². The normalized spacial score (nSPS) is 16.2. The molecule has 0 spiro atoms. The van der Waals surface area contributed by atoms with Gasteiger partial charge in [-0.1, -0.05) is 30.4 Å². The van der Waals surface area contributed by atoms with Crippen LogP contribution in [0.15, 0.2) is 36.0 Å². The molecule has 0 aromatic carbocycles. The van der Waals surface area contributed by atoms with E-state index in [2.05, 4.69) is 0 Å². The number of ether oxygens (including phenoxy) is 1. The van der Waals surface area contributed by atoms with E-state index in [1.54, 1.807) is 19.1 Å². The zero-order valence-corrected chi connectivity index (χ0v) is 9.74. The van der Waals surface area contributed by atoms with Gasteiger partial charge >= 0.3 is 5.97 Å². The van der Waals surface area contributed by atoms with Crippen LogP contribution in [0.2, 0.25) is 0 Å². The van der Waals surface area contributed by atoms with Crippen molar-refractivity contribution in [2.75, 3.05) is 6.61 Å². The Morgan fingerprint density at radius 3 is 2.88 bits per heavy atom. The van der Waals surface area contributed by atoms with Gasteiger partial charge in [-0.2, -0.15) is 0 Å². The van der Waals surface area contributed by atoms with E-state index in [9.17, 15) is 9.59 Å². The summed E-state index contributed by atoms with van der Waals surface area (Å²) in [6, 6.07) is 0. The molecular formula is C12H13ClO3. The van der Waals surface area contributed by atoms with Crippen molar-refractivity contribution >= 4 is 23.4 Å². The molecule has 0 heterocycles. The van der Waals surface area contributed by atoms with E-state index >= 15 is 0 Å². The van der Waals surface area contributed by atoms with Gasteiger partial charge in [-0.15, -0.1) is 11.6 Å². The van der Waals surface area contributed by atoms with Gasteiger partial charge in [0.1, 0.15) is 0 Å². The van der Waals surface area contributed by atoms with Crippen molar-refractivity contribution in [1.29, 1.82) is 0 Å². The van der Waals surface area contributed by atoms with Crippen molar-refractivity contribution in [3.05, 3.63) is 36.0 Å². The summed E-state index contributed by atoms with van der Waals surface area (Å²) in [5, 5.41) is -1.24. The first kappa shape index (κ1) is 12.7. The maximum atomic E-state index is 11.8. The average Bonchev–Trinajstić information content (AvgIpc) is 2.56. The number of ketones is 1. The van der Waals surface area contributed by atoms with Gasteiger partial charge in [0.15, 0.2) is 11.2 Å². The van der Waals surface area contributed by atoms with Crippen LogP contribution in [0.1, 0.15) is 13.3 Å². The first-order valence-electron chi connectivity index (χ1n) is 5.04. The third kappa shape index (κ3) is 3.35. The molecule has 4 heteroatoms. The third-order valence-corrected chi connectivity index (χ3v) is 2.41. The first-order chi connectivity index (χ1) is 7.66. The number of rotatable bonds is 4. The van der Waals surface area contributed by atoms with Crippen molar-refractivity contribution < 1.29 is 14.3 Å². The van der Waals surface area contributed by atoms with Crippen molar-refractivity contribution in [3.8, 4) is 0 Å². The summed E-state index contributed by atoms with van der Waals surface area (Å²) < 4.78 is 4.69. The van der Waals surface area contributed by atoms with Crippen LogP contribution in [0.25, 0.3) is 0 Å². The fraction of sp³-hybridized carbons (Fsp3) is 0.333. The number of Topliss-reactive ketones (excluding diaryl/α,β-unsaturated/α-hetero) is 1. The second-order valence-corrected chi connectivity index (χ2v) is 3.62. The van der Waals surface area contributed by atoms with Gasteiger partial charge in [0.05, 0.1) is 6.61 Å². The molecule has 0 N–H and O–H groups in total. The minimum Gasteiger partial charge on any atom is -0.465 e. The Bertz CT molecular complexity index is 366. The van der Waals surface area contributed by atoms with Crippen LogP contribution in [-0.2, 0) is 14.3 Å². The SMILES string of the molecule is CCOC(=O)C(Cl)C(=O)C1=CC=CC=CC1. The minimum absolute atomic E-state index is 0.216. The van der Waals surface area contributed by atoms with Crippen molar-refractivity contribution in [3.63, 3.8) is 0 Å². The number of allylic oxidation sites excluding steroid dienone is 6. The summed E-state index contributed by atoms with van der Waals surface area (Å²) in [5.74, 6) is -1.08. The summed E-state index contributed by atoms with van der Waals surface area (Å²) in [5.41, 5.74) is 0.512. The molecule has 1 unspecified atom stereocenters. The first-order valence-corrected chi connectivity index (χ1v) is 5.47. The third-order valence-electron chi connectivity index (χ3n) is 2.03. The lowest BCUT2D eigenvalue weighted by Gasteiger charge is -2.08. The van der Waals surface area contributed by atoms with Crippen LogP contribution < -0.4 is 0 Å². The Labute approximate surface area is 99.4 Å². The number of halogens is 1. The predicted octanol–water partition coefficient (Wildman–Crippen LogP) is 2.17. The number of hydrogen-bond acceptors (Lipinski definition) is 3. The quantitative estimate of drug-likeness (QED) is 0.430. The molecule has 0 aromatic heterocycles.